The van der Waals surface area contributed by atoms with E-state index in [1.54, 1.807) is 25.6 Å². The Morgan fingerprint density at radius 2 is 2.08 bits per heavy atom. The molecule has 138 valence electrons. The van der Waals surface area contributed by atoms with Crippen molar-refractivity contribution in [2.24, 2.45) is 13.0 Å². The van der Waals surface area contributed by atoms with Gasteiger partial charge >= 0.3 is 0 Å². The van der Waals surface area contributed by atoms with E-state index in [0.717, 1.165) is 34.5 Å². The second-order valence-corrected chi connectivity index (χ2v) is 7.62. The van der Waals surface area contributed by atoms with E-state index in [-0.39, 0.29) is 0 Å². The van der Waals surface area contributed by atoms with Gasteiger partial charge in [0.15, 0.2) is 5.82 Å². The maximum Gasteiger partial charge on any atom is 0.256 e. The lowest BCUT2D eigenvalue weighted by atomic mass is 9.97. The zero-order valence-corrected chi connectivity index (χ0v) is 15.7. The molecule has 2 aromatic heterocycles. The molecule has 0 amide bonds. The number of benzene rings is 1. The van der Waals surface area contributed by atoms with Crippen molar-refractivity contribution < 1.29 is 9.84 Å². The lowest BCUT2D eigenvalue weighted by molar-refractivity contribution is 0.0787. The quantitative estimate of drug-likeness (QED) is 0.710. The fourth-order valence-electron chi connectivity index (χ4n) is 3.16. The first-order valence-corrected chi connectivity index (χ1v) is 8.93. The fraction of sp³-hybridized carbons (Fsp3) is 0.474. The van der Waals surface area contributed by atoms with Crippen molar-refractivity contribution in [1.29, 1.82) is 0 Å². The van der Waals surface area contributed by atoms with Gasteiger partial charge in [0, 0.05) is 19.0 Å². The minimum Gasteiger partial charge on any atom is -0.478 e. The van der Waals surface area contributed by atoms with Crippen LogP contribution in [-0.4, -0.2) is 31.8 Å². The first-order valence-electron chi connectivity index (χ1n) is 8.93. The highest BCUT2D eigenvalue weighted by Crippen LogP contribution is 2.35. The molecule has 2 N–H and O–H groups in total. The molecule has 0 spiro atoms. The number of hydrogen-bond donors (Lipinski definition) is 2. The monoisotopic (exact) mass is 355 g/mol. The van der Waals surface area contributed by atoms with Gasteiger partial charge in [-0.25, -0.2) is 0 Å². The molecule has 2 heterocycles. The van der Waals surface area contributed by atoms with Crippen molar-refractivity contribution in [3.05, 3.63) is 30.0 Å². The van der Waals surface area contributed by atoms with Gasteiger partial charge in [0.25, 0.3) is 5.88 Å². The maximum atomic E-state index is 10.4. The predicted octanol–water partition coefficient (Wildman–Crippen LogP) is 3.16. The van der Waals surface area contributed by atoms with Gasteiger partial charge in [-0.2, -0.15) is 5.10 Å². The molecular formula is C19H25N5O2. The number of fused-ring (bicyclic) bond motifs is 1. The summed E-state index contributed by atoms with van der Waals surface area (Å²) in [6, 6.07) is 6.01. The van der Waals surface area contributed by atoms with Gasteiger partial charge < -0.3 is 15.2 Å². The molecule has 1 aliphatic carbocycles. The second-order valence-electron chi connectivity index (χ2n) is 7.62. The highest BCUT2D eigenvalue weighted by atomic mass is 16.5. The normalized spacial score (nSPS) is 14.8. The summed E-state index contributed by atoms with van der Waals surface area (Å²) in [7, 11) is 3.46. The minimum absolute atomic E-state index is 0.533. The Labute approximate surface area is 152 Å². The number of nitrogens with zero attached hydrogens (tertiary/aromatic N) is 4. The Morgan fingerprint density at radius 3 is 2.73 bits per heavy atom. The van der Waals surface area contributed by atoms with Crippen molar-refractivity contribution in [2.45, 2.75) is 38.8 Å². The number of methoxy groups -OCH3 is 1. The Balaban J connectivity index is 1.78. The highest BCUT2D eigenvalue weighted by Gasteiger charge is 2.25. The molecule has 1 aliphatic rings. The summed E-state index contributed by atoms with van der Waals surface area (Å²) in [6.07, 6.45) is 4.38. The first kappa shape index (κ1) is 16.9. The molecule has 0 aliphatic heterocycles. The molecule has 1 saturated carbocycles. The third-order valence-electron chi connectivity index (χ3n) is 4.83. The summed E-state index contributed by atoms with van der Waals surface area (Å²) in [6.45, 7) is 4.50. The van der Waals surface area contributed by atoms with E-state index in [1.165, 1.54) is 12.8 Å². The van der Waals surface area contributed by atoms with Crippen LogP contribution in [0.4, 0.5) is 11.5 Å². The van der Waals surface area contributed by atoms with E-state index in [4.69, 9.17) is 9.84 Å². The number of aliphatic hydroxyl groups is 1. The molecule has 1 aromatic carbocycles. The molecule has 0 atom stereocenters. The molecule has 0 bridgehead atoms. The largest absolute Gasteiger partial charge is 0.478 e. The van der Waals surface area contributed by atoms with E-state index in [2.05, 4.69) is 10.4 Å². The average Bonchev–Trinajstić information content (AvgIpc) is 3.24. The third kappa shape index (κ3) is 3.14. The third-order valence-corrected chi connectivity index (χ3v) is 4.83. The van der Waals surface area contributed by atoms with Gasteiger partial charge in [-0.3, -0.25) is 9.36 Å². The molecule has 1 fully saturated rings. The Morgan fingerprint density at radius 1 is 1.31 bits per heavy atom. The smallest absolute Gasteiger partial charge is 0.256 e. The van der Waals surface area contributed by atoms with Crippen LogP contribution in [0.25, 0.3) is 10.9 Å². The zero-order chi connectivity index (χ0) is 18.5. The van der Waals surface area contributed by atoms with E-state index in [1.807, 2.05) is 36.1 Å². The van der Waals surface area contributed by atoms with Crippen molar-refractivity contribution in [1.82, 2.24) is 19.6 Å². The number of aryl methyl sites for hydroxylation is 1. The van der Waals surface area contributed by atoms with Crippen LogP contribution in [0.1, 0.15) is 32.3 Å². The number of rotatable bonds is 6. The molecule has 4 rings (SSSR count). The maximum absolute atomic E-state index is 10.4. The van der Waals surface area contributed by atoms with Crippen LogP contribution < -0.4 is 10.1 Å². The van der Waals surface area contributed by atoms with Crippen LogP contribution in [0.5, 0.6) is 5.88 Å². The lowest BCUT2D eigenvalue weighted by Crippen LogP contribution is -2.15. The predicted molar refractivity (Wildman–Crippen MR) is 101 cm³/mol. The Hall–Kier alpha value is -2.54. The van der Waals surface area contributed by atoms with E-state index in [9.17, 15) is 5.11 Å². The van der Waals surface area contributed by atoms with E-state index >= 15 is 0 Å². The molecule has 0 unspecified atom stereocenters. The number of aromatic nitrogens is 4. The summed E-state index contributed by atoms with van der Waals surface area (Å²) < 4.78 is 9.09. The van der Waals surface area contributed by atoms with Gasteiger partial charge in [-0.05, 0) is 50.3 Å². The standard InChI is InChI=1S/C19H25N5O2/c1-19(2,25)13-7-8-14-16(9-13)24(10-12-5-6-12)21-17(14)20-15-11-23(3)22-18(15)26-4/h7-9,11-12,25H,5-6,10H2,1-4H3,(H,20,21). The topological polar surface area (TPSA) is 77.1 Å². The number of nitrogens with one attached hydrogen (secondary N) is 1. The van der Waals surface area contributed by atoms with Crippen molar-refractivity contribution in [3.8, 4) is 5.88 Å². The SMILES string of the molecule is COc1nn(C)cc1Nc1nn(CC2CC2)c2cc(C(C)(C)O)ccc12. The fourth-order valence-corrected chi connectivity index (χ4v) is 3.16. The van der Waals surface area contributed by atoms with Gasteiger partial charge in [0.2, 0.25) is 0 Å². The van der Waals surface area contributed by atoms with Crippen LogP contribution in [0.2, 0.25) is 0 Å². The van der Waals surface area contributed by atoms with Crippen LogP contribution in [0.3, 0.4) is 0 Å². The van der Waals surface area contributed by atoms with Gasteiger partial charge in [0.05, 0.1) is 24.4 Å². The molecule has 3 aromatic rings. The summed E-state index contributed by atoms with van der Waals surface area (Å²) >= 11 is 0. The number of ether oxygens (including phenoxy) is 1. The number of anilines is 2. The van der Waals surface area contributed by atoms with Crippen LogP contribution >= 0.6 is 0 Å². The molecule has 26 heavy (non-hydrogen) atoms. The van der Waals surface area contributed by atoms with Crippen molar-refractivity contribution >= 4 is 22.4 Å². The van der Waals surface area contributed by atoms with Crippen LogP contribution in [0.15, 0.2) is 24.4 Å². The van der Waals surface area contributed by atoms with Crippen LogP contribution in [0, 0.1) is 5.92 Å². The van der Waals surface area contributed by atoms with Gasteiger partial charge in [0.1, 0.15) is 5.69 Å². The minimum atomic E-state index is -0.886. The van der Waals surface area contributed by atoms with Crippen molar-refractivity contribution in [2.75, 3.05) is 12.4 Å². The summed E-state index contributed by atoms with van der Waals surface area (Å²) in [5, 5.41) is 23.8. The molecule has 0 saturated heterocycles. The van der Waals surface area contributed by atoms with Crippen LogP contribution in [-0.2, 0) is 19.2 Å². The molecule has 7 heteroatoms. The highest BCUT2D eigenvalue weighted by molar-refractivity contribution is 5.92. The Bertz CT molecular complexity index is 947. The van der Waals surface area contributed by atoms with Gasteiger partial charge in [-0.1, -0.05) is 6.07 Å². The zero-order valence-electron chi connectivity index (χ0n) is 15.7. The average molecular weight is 355 g/mol. The summed E-state index contributed by atoms with van der Waals surface area (Å²) in [4.78, 5) is 0. The molecule has 7 nitrogen and oxygen atoms in total. The Kier molecular flexibility index (Phi) is 3.91. The van der Waals surface area contributed by atoms with E-state index < -0.39 is 5.60 Å². The molecular weight excluding hydrogens is 330 g/mol. The summed E-state index contributed by atoms with van der Waals surface area (Å²) in [5.74, 6) is 2.00. The van der Waals surface area contributed by atoms with Gasteiger partial charge in [-0.15, -0.1) is 5.10 Å². The van der Waals surface area contributed by atoms with E-state index in [0.29, 0.717) is 11.8 Å². The number of hydrogen-bond acceptors (Lipinski definition) is 5. The second kappa shape index (κ2) is 6.02. The molecule has 0 radical (unpaired) electrons. The summed E-state index contributed by atoms with van der Waals surface area (Å²) in [5.41, 5.74) is 1.80. The van der Waals surface area contributed by atoms with Crippen molar-refractivity contribution in [3.63, 3.8) is 0 Å². The first-order chi connectivity index (χ1) is 12.3. The lowest BCUT2D eigenvalue weighted by Gasteiger charge is -2.18.